The molecule has 3 N–H and O–H groups in total. The van der Waals surface area contributed by atoms with Gasteiger partial charge in [-0.15, -0.1) is 0 Å². The lowest BCUT2D eigenvalue weighted by Crippen LogP contribution is -2.22. The van der Waals surface area contributed by atoms with Crippen LogP contribution in [0.1, 0.15) is 24.8 Å². The average Bonchev–Trinajstić information content (AvgIpc) is 2.39. The Balaban J connectivity index is 2.32. The van der Waals surface area contributed by atoms with Gasteiger partial charge in [0.1, 0.15) is 0 Å². The van der Waals surface area contributed by atoms with Gasteiger partial charge in [-0.2, -0.15) is 5.26 Å². The molecule has 0 saturated heterocycles. The first-order valence-corrected chi connectivity index (χ1v) is 6.74. The average molecular weight is 274 g/mol. The van der Waals surface area contributed by atoms with Crippen LogP contribution < -0.4 is 11.1 Å². The van der Waals surface area contributed by atoms with Crippen LogP contribution >= 0.6 is 0 Å². The lowest BCUT2D eigenvalue weighted by atomic mass is 10.1. The van der Waals surface area contributed by atoms with Crippen molar-refractivity contribution < 1.29 is 4.79 Å². The van der Waals surface area contributed by atoms with E-state index in [4.69, 9.17) is 11.0 Å². The molecule has 0 bridgehead atoms. The molecule has 0 aromatic heterocycles. The molecule has 5 heteroatoms. The summed E-state index contributed by atoms with van der Waals surface area (Å²) >= 11 is 0. The van der Waals surface area contributed by atoms with Crippen molar-refractivity contribution in [2.75, 3.05) is 31.2 Å². The highest BCUT2D eigenvalue weighted by Gasteiger charge is 2.06. The summed E-state index contributed by atoms with van der Waals surface area (Å²) in [6, 6.07) is 7.55. The van der Waals surface area contributed by atoms with Crippen molar-refractivity contribution in [3.63, 3.8) is 0 Å². The molecule has 1 aromatic carbocycles. The van der Waals surface area contributed by atoms with E-state index in [9.17, 15) is 4.79 Å². The number of carbonyl (C=O) groups excluding carboxylic acids is 1. The summed E-state index contributed by atoms with van der Waals surface area (Å²) < 4.78 is 0. The van der Waals surface area contributed by atoms with Gasteiger partial charge in [-0.05, 0) is 50.7 Å². The van der Waals surface area contributed by atoms with Crippen LogP contribution in [0.15, 0.2) is 18.2 Å². The summed E-state index contributed by atoms with van der Waals surface area (Å²) in [5.74, 6) is 0.00607. The number of nitriles is 1. The van der Waals surface area contributed by atoms with Crippen molar-refractivity contribution in [1.29, 1.82) is 5.26 Å². The fraction of sp³-hybridized carbons (Fsp3) is 0.467. The number of rotatable bonds is 7. The van der Waals surface area contributed by atoms with E-state index in [0.29, 0.717) is 18.5 Å². The highest BCUT2D eigenvalue weighted by molar-refractivity contribution is 5.91. The van der Waals surface area contributed by atoms with Crippen LogP contribution in [0, 0.1) is 18.3 Å². The van der Waals surface area contributed by atoms with E-state index < -0.39 is 0 Å². The fourth-order valence-corrected chi connectivity index (χ4v) is 1.90. The number of benzene rings is 1. The number of aryl methyl sites for hydroxylation is 1. The third-order valence-corrected chi connectivity index (χ3v) is 3.07. The Labute approximate surface area is 120 Å². The van der Waals surface area contributed by atoms with Gasteiger partial charge in [-0.1, -0.05) is 0 Å². The Morgan fingerprint density at radius 3 is 2.85 bits per heavy atom. The maximum atomic E-state index is 11.8. The van der Waals surface area contributed by atoms with Gasteiger partial charge < -0.3 is 16.0 Å². The van der Waals surface area contributed by atoms with Gasteiger partial charge in [0.05, 0.1) is 6.07 Å². The molecule has 0 unspecified atom stereocenters. The molecule has 0 aliphatic rings. The summed E-state index contributed by atoms with van der Waals surface area (Å²) in [7, 11) is 1.96. The summed E-state index contributed by atoms with van der Waals surface area (Å²) in [6.45, 7) is 3.48. The Bertz CT molecular complexity index is 493. The molecule has 1 aromatic rings. The zero-order chi connectivity index (χ0) is 15.0. The normalized spacial score (nSPS) is 10.3. The molecule has 0 spiro atoms. The Hall–Kier alpha value is -2.06. The van der Waals surface area contributed by atoms with Gasteiger partial charge in [0.2, 0.25) is 5.91 Å². The van der Waals surface area contributed by atoms with Gasteiger partial charge >= 0.3 is 0 Å². The van der Waals surface area contributed by atoms with Crippen LogP contribution in [0.5, 0.6) is 0 Å². The zero-order valence-electron chi connectivity index (χ0n) is 12.1. The van der Waals surface area contributed by atoms with Gasteiger partial charge in [0, 0.05) is 30.8 Å². The number of nitrogens with one attached hydrogen (secondary N) is 1. The largest absolute Gasteiger partial charge is 0.399 e. The van der Waals surface area contributed by atoms with E-state index in [1.54, 1.807) is 6.07 Å². The first kappa shape index (κ1) is 16.0. The quantitative estimate of drug-likeness (QED) is 0.746. The molecule has 20 heavy (non-hydrogen) atoms. The zero-order valence-corrected chi connectivity index (χ0v) is 12.1. The number of nitrogen functional groups attached to an aromatic ring is 1. The summed E-state index contributed by atoms with van der Waals surface area (Å²) in [6.07, 6.45) is 1.77. The van der Waals surface area contributed by atoms with E-state index >= 15 is 0 Å². The number of nitrogens with two attached hydrogens (primary N) is 1. The number of hydrogen-bond donors (Lipinski definition) is 2. The van der Waals surface area contributed by atoms with Crippen LogP contribution in [-0.4, -0.2) is 30.9 Å². The number of amides is 1. The molecule has 0 radical (unpaired) electrons. The first-order valence-electron chi connectivity index (χ1n) is 6.74. The second kappa shape index (κ2) is 8.18. The van der Waals surface area contributed by atoms with E-state index in [2.05, 4.69) is 16.3 Å². The van der Waals surface area contributed by atoms with Crippen molar-refractivity contribution in [1.82, 2.24) is 4.90 Å². The number of carbonyl (C=O) groups is 1. The van der Waals surface area contributed by atoms with Crippen molar-refractivity contribution in [3.05, 3.63) is 23.8 Å². The molecule has 1 rings (SSSR count). The minimum absolute atomic E-state index is 0.00607. The molecule has 0 aliphatic carbocycles. The van der Waals surface area contributed by atoms with Gasteiger partial charge in [-0.3, -0.25) is 4.79 Å². The molecule has 0 heterocycles. The third-order valence-electron chi connectivity index (χ3n) is 3.07. The number of anilines is 2. The molecular weight excluding hydrogens is 252 g/mol. The van der Waals surface area contributed by atoms with E-state index in [1.807, 2.05) is 26.1 Å². The van der Waals surface area contributed by atoms with Crippen molar-refractivity contribution in [3.8, 4) is 6.07 Å². The van der Waals surface area contributed by atoms with Gasteiger partial charge in [0.25, 0.3) is 0 Å². The SMILES string of the molecule is Cc1cc(N)ccc1NC(=O)CCCN(C)CCC#N. The number of hydrogen-bond acceptors (Lipinski definition) is 4. The first-order chi connectivity index (χ1) is 9.52. The minimum Gasteiger partial charge on any atom is -0.399 e. The molecule has 108 valence electrons. The fourth-order valence-electron chi connectivity index (χ4n) is 1.90. The van der Waals surface area contributed by atoms with Crippen LogP contribution in [0.4, 0.5) is 11.4 Å². The topological polar surface area (TPSA) is 82.2 Å². The summed E-state index contributed by atoms with van der Waals surface area (Å²) in [5, 5.41) is 11.4. The Kier molecular flexibility index (Phi) is 6.54. The van der Waals surface area contributed by atoms with E-state index in [0.717, 1.165) is 30.8 Å². The van der Waals surface area contributed by atoms with Crippen LogP contribution in [-0.2, 0) is 4.79 Å². The van der Waals surface area contributed by atoms with Crippen molar-refractivity contribution in [2.45, 2.75) is 26.2 Å². The second-order valence-corrected chi connectivity index (χ2v) is 4.94. The summed E-state index contributed by atoms with van der Waals surface area (Å²) in [4.78, 5) is 13.9. The van der Waals surface area contributed by atoms with Gasteiger partial charge in [-0.25, -0.2) is 0 Å². The molecular formula is C15H22N4O. The van der Waals surface area contributed by atoms with Crippen molar-refractivity contribution >= 4 is 17.3 Å². The molecule has 5 nitrogen and oxygen atoms in total. The number of nitrogens with zero attached hydrogens (tertiary/aromatic N) is 2. The van der Waals surface area contributed by atoms with E-state index in [1.165, 1.54) is 0 Å². The van der Waals surface area contributed by atoms with Crippen LogP contribution in [0.25, 0.3) is 0 Å². The van der Waals surface area contributed by atoms with Crippen molar-refractivity contribution in [2.24, 2.45) is 0 Å². The highest BCUT2D eigenvalue weighted by Crippen LogP contribution is 2.17. The monoisotopic (exact) mass is 274 g/mol. The standard InChI is InChI=1S/C15H22N4O/c1-12-11-13(17)6-7-14(12)18-15(20)5-3-9-19(2)10-4-8-16/h6-7,11H,3-5,9-10,17H2,1-2H3,(H,18,20). The van der Waals surface area contributed by atoms with Crippen LogP contribution in [0.3, 0.4) is 0 Å². The molecule has 0 saturated carbocycles. The predicted molar refractivity (Wildman–Crippen MR) is 81.2 cm³/mol. The predicted octanol–water partition coefficient (Wildman–Crippen LogP) is 2.14. The lowest BCUT2D eigenvalue weighted by Gasteiger charge is -2.14. The third kappa shape index (κ3) is 5.72. The molecule has 1 amide bonds. The maximum absolute atomic E-state index is 11.8. The maximum Gasteiger partial charge on any atom is 0.224 e. The Morgan fingerprint density at radius 2 is 2.20 bits per heavy atom. The lowest BCUT2D eigenvalue weighted by molar-refractivity contribution is -0.116. The molecule has 0 aliphatic heterocycles. The Morgan fingerprint density at radius 1 is 1.45 bits per heavy atom. The molecule has 0 atom stereocenters. The second-order valence-electron chi connectivity index (χ2n) is 4.94. The smallest absolute Gasteiger partial charge is 0.224 e. The van der Waals surface area contributed by atoms with Gasteiger partial charge in [0.15, 0.2) is 0 Å². The minimum atomic E-state index is 0.00607. The molecule has 0 fully saturated rings. The van der Waals surface area contributed by atoms with Crippen LogP contribution in [0.2, 0.25) is 0 Å². The summed E-state index contributed by atoms with van der Waals surface area (Å²) in [5.41, 5.74) is 8.13. The van der Waals surface area contributed by atoms with E-state index in [-0.39, 0.29) is 5.91 Å². The highest BCUT2D eigenvalue weighted by atomic mass is 16.1.